The van der Waals surface area contributed by atoms with Gasteiger partial charge in [-0.2, -0.15) is 0 Å². The molecule has 4 aromatic rings. The number of carbonyl (C=O) groups excluding carboxylic acids is 2. The smallest absolute Gasteiger partial charge is 0.337 e. The molecule has 0 bridgehead atoms. The number of benzene rings is 4. The van der Waals surface area contributed by atoms with E-state index in [-0.39, 0.29) is 48.1 Å². The summed E-state index contributed by atoms with van der Waals surface area (Å²) in [5.41, 5.74) is 0.327. The first-order valence-corrected chi connectivity index (χ1v) is 14.8. The second kappa shape index (κ2) is 11.1. The zero-order valence-corrected chi connectivity index (χ0v) is 24.0. The van der Waals surface area contributed by atoms with Crippen molar-refractivity contribution >= 4 is 79.9 Å². The molecule has 0 atom stereocenters. The number of aromatic carboxylic acids is 2. The van der Waals surface area contributed by atoms with Crippen molar-refractivity contribution in [2.75, 3.05) is 10.6 Å². The van der Waals surface area contributed by atoms with Crippen LogP contribution in [0.5, 0.6) is 0 Å². The molecule has 0 unspecified atom stereocenters. The molecule has 0 radical (unpaired) electrons. The van der Waals surface area contributed by atoms with Gasteiger partial charge in [0.15, 0.2) is 0 Å². The maximum absolute atomic E-state index is 12.7. The fourth-order valence-corrected chi connectivity index (χ4v) is 7.58. The van der Waals surface area contributed by atoms with Crippen molar-refractivity contribution in [3.05, 3.63) is 105 Å². The average molecular weight is 643 g/mol. The molecule has 0 saturated heterocycles. The number of anilines is 2. The third-order valence-electron chi connectivity index (χ3n) is 6.21. The Morgan fingerprint density at radius 1 is 0.643 bits per heavy atom. The topological polar surface area (TPSA) is 167 Å². The lowest BCUT2D eigenvalue weighted by atomic mass is 10.1. The van der Waals surface area contributed by atoms with E-state index in [9.17, 15) is 27.6 Å². The van der Waals surface area contributed by atoms with Crippen molar-refractivity contribution in [3.63, 3.8) is 0 Å². The standard InChI is InChI=1S/C14H8ClNO5S.C14H8ClNO3S/c15-11-8(14(18)19)5-6-10-12(11)16-13(17)7-3-1-2-4-9(7)22(10,20)21;15-11-8(14(18)19)5-6-10-12(11)16-13(17)7-3-1-2-4-9(7)20-10/h1-6H,(H,16,17)(H,18,19);1-6H,(H,16,17)(H,18,19). The molecule has 42 heavy (non-hydrogen) atoms. The summed E-state index contributed by atoms with van der Waals surface area (Å²) in [5, 5.41) is 22.9. The van der Waals surface area contributed by atoms with Gasteiger partial charge in [0, 0.05) is 9.79 Å². The third-order valence-corrected chi connectivity index (χ3v) is 9.98. The van der Waals surface area contributed by atoms with Gasteiger partial charge in [0.25, 0.3) is 11.8 Å². The highest BCUT2D eigenvalue weighted by atomic mass is 35.5. The monoisotopic (exact) mass is 642 g/mol. The second-order valence-corrected chi connectivity index (χ2v) is 12.4. The maximum Gasteiger partial charge on any atom is 0.337 e. The molecule has 2 amide bonds. The molecule has 10 nitrogen and oxygen atoms in total. The number of nitrogens with one attached hydrogen (secondary N) is 2. The van der Waals surface area contributed by atoms with Crippen LogP contribution in [0.2, 0.25) is 10.0 Å². The lowest BCUT2D eigenvalue weighted by Gasteiger charge is -2.10. The van der Waals surface area contributed by atoms with Gasteiger partial charge in [0.2, 0.25) is 9.84 Å². The molecule has 2 heterocycles. The first-order valence-electron chi connectivity index (χ1n) is 11.8. The second-order valence-electron chi connectivity index (χ2n) is 8.72. The number of fused-ring (bicyclic) bond motifs is 4. The first kappa shape index (κ1) is 29.1. The van der Waals surface area contributed by atoms with E-state index in [1.165, 1.54) is 42.1 Å². The highest BCUT2D eigenvalue weighted by Crippen LogP contribution is 2.43. The predicted octanol–water partition coefficient (Wildman–Crippen LogP) is 6.19. The summed E-state index contributed by atoms with van der Waals surface area (Å²) in [6.45, 7) is 0. The van der Waals surface area contributed by atoms with Gasteiger partial charge >= 0.3 is 11.9 Å². The largest absolute Gasteiger partial charge is 0.478 e. The van der Waals surface area contributed by atoms with Gasteiger partial charge in [-0.25, -0.2) is 18.0 Å². The molecule has 4 N–H and O–H groups in total. The van der Waals surface area contributed by atoms with Crippen LogP contribution in [-0.4, -0.2) is 42.4 Å². The molecule has 0 fully saturated rings. The molecule has 0 aromatic heterocycles. The zero-order chi connectivity index (χ0) is 30.3. The van der Waals surface area contributed by atoms with Crippen LogP contribution in [-0.2, 0) is 9.84 Å². The van der Waals surface area contributed by atoms with Crippen LogP contribution in [0.4, 0.5) is 11.4 Å². The van der Waals surface area contributed by atoms with Crippen molar-refractivity contribution in [3.8, 4) is 0 Å². The molecule has 6 rings (SSSR count). The highest BCUT2D eigenvalue weighted by molar-refractivity contribution is 7.99. The van der Waals surface area contributed by atoms with Crippen LogP contribution in [0.25, 0.3) is 0 Å². The van der Waals surface area contributed by atoms with Gasteiger partial charge in [0.1, 0.15) is 0 Å². The SMILES string of the molecule is O=C1Nc2c(ccc(C(=O)O)c2Cl)S(=O)(=O)c2ccccc21.O=C1Nc2c(ccc(C(=O)O)c2Cl)Sc2ccccc21. The molecule has 0 aliphatic carbocycles. The first-order chi connectivity index (χ1) is 19.9. The van der Waals surface area contributed by atoms with Crippen molar-refractivity contribution < 1.29 is 37.8 Å². The fourth-order valence-electron chi connectivity index (χ4n) is 4.22. The molecule has 2 aliphatic heterocycles. The summed E-state index contributed by atoms with van der Waals surface area (Å²) in [6, 6.07) is 18.2. The number of carboxylic acid groups (broad SMARTS) is 2. The van der Waals surface area contributed by atoms with Crippen LogP contribution in [0, 0.1) is 0 Å². The van der Waals surface area contributed by atoms with Crippen molar-refractivity contribution in [2.45, 2.75) is 19.6 Å². The molecule has 2 aliphatic rings. The average Bonchev–Trinajstić information content (AvgIpc) is 3.15. The number of carbonyl (C=O) groups is 4. The van der Waals surface area contributed by atoms with E-state index in [4.69, 9.17) is 33.4 Å². The van der Waals surface area contributed by atoms with Gasteiger partial charge in [-0.15, -0.1) is 0 Å². The number of halogens is 2. The number of hydrogen-bond donors (Lipinski definition) is 4. The minimum atomic E-state index is -4.00. The molecule has 14 heteroatoms. The number of sulfone groups is 1. The van der Waals surface area contributed by atoms with E-state index in [0.29, 0.717) is 11.3 Å². The van der Waals surface area contributed by atoms with E-state index >= 15 is 0 Å². The summed E-state index contributed by atoms with van der Waals surface area (Å²) in [5.74, 6) is -3.40. The Hall–Kier alpha value is -4.36. The lowest BCUT2D eigenvalue weighted by molar-refractivity contribution is 0.0686. The van der Waals surface area contributed by atoms with E-state index in [1.807, 2.05) is 12.1 Å². The molecular formula is C28H16Cl2N2O8S2. The van der Waals surface area contributed by atoms with Crippen molar-refractivity contribution in [1.29, 1.82) is 0 Å². The Bertz CT molecular complexity index is 1960. The normalized spacial score (nSPS) is 14.1. The lowest BCUT2D eigenvalue weighted by Crippen LogP contribution is -2.12. The van der Waals surface area contributed by atoms with E-state index in [0.717, 1.165) is 21.9 Å². The van der Waals surface area contributed by atoms with Gasteiger partial charge < -0.3 is 20.8 Å². The maximum atomic E-state index is 12.7. The van der Waals surface area contributed by atoms with E-state index in [1.54, 1.807) is 18.2 Å². The van der Waals surface area contributed by atoms with E-state index in [2.05, 4.69) is 10.6 Å². The van der Waals surface area contributed by atoms with Crippen molar-refractivity contribution in [1.82, 2.24) is 0 Å². The minimum absolute atomic E-state index is 0.0216. The summed E-state index contributed by atoms with van der Waals surface area (Å²) < 4.78 is 25.4. The number of hydrogen-bond acceptors (Lipinski definition) is 7. The van der Waals surface area contributed by atoms with Gasteiger partial charge in [0.05, 0.1) is 53.5 Å². The van der Waals surface area contributed by atoms with Gasteiger partial charge in [-0.1, -0.05) is 59.2 Å². The summed E-state index contributed by atoms with van der Waals surface area (Å²) in [4.78, 5) is 47.7. The molecule has 4 aromatic carbocycles. The quantitative estimate of drug-likeness (QED) is 0.199. The van der Waals surface area contributed by atoms with Crippen molar-refractivity contribution in [2.24, 2.45) is 0 Å². The fraction of sp³-hybridized carbons (Fsp3) is 0. The Balaban J connectivity index is 0.000000169. The summed E-state index contributed by atoms with van der Waals surface area (Å²) in [7, 11) is -4.00. The number of amides is 2. The number of rotatable bonds is 2. The van der Waals surface area contributed by atoms with Crippen LogP contribution < -0.4 is 10.6 Å². The molecule has 212 valence electrons. The minimum Gasteiger partial charge on any atom is -0.478 e. The highest BCUT2D eigenvalue weighted by Gasteiger charge is 2.33. The van der Waals surface area contributed by atoms with Crippen LogP contribution in [0.15, 0.2) is 92.4 Å². The Kier molecular flexibility index (Phi) is 7.73. The third kappa shape index (κ3) is 5.09. The predicted molar refractivity (Wildman–Crippen MR) is 155 cm³/mol. The zero-order valence-electron chi connectivity index (χ0n) is 20.8. The van der Waals surface area contributed by atoms with Crippen LogP contribution in [0.3, 0.4) is 0 Å². The summed E-state index contributed by atoms with van der Waals surface area (Å²) in [6.07, 6.45) is 0. The Morgan fingerprint density at radius 3 is 1.83 bits per heavy atom. The molecular weight excluding hydrogens is 627 g/mol. The number of carboxylic acids is 2. The summed E-state index contributed by atoms with van der Waals surface area (Å²) >= 11 is 13.4. The van der Waals surface area contributed by atoms with Gasteiger partial charge in [-0.05, 0) is 48.5 Å². The van der Waals surface area contributed by atoms with Gasteiger partial charge in [-0.3, -0.25) is 9.59 Å². The molecule has 0 saturated carbocycles. The Morgan fingerprint density at radius 2 is 1.17 bits per heavy atom. The van der Waals surface area contributed by atoms with E-state index < -0.39 is 27.7 Å². The Labute approximate surface area is 252 Å². The van der Waals surface area contributed by atoms with Crippen LogP contribution >= 0.6 is 35.0 Å². The van der Waals surface area contributed by atoms with Crippen LogP contribution in [0.1, 0.15) is 41.4 Å². The molecule has 0 spiro atoms.